The second kappa shape index (κ2) is 2.96. The fourth-order valence-electron chi connectivity index (χ4n) is 1.63. The number of aliphatic hydroxyl groups excluding tert-OH is 2. The summed E-state index contributed by atoms with van der Waals surface area (Å²) in [5.74, 6) is 0. The zero-order valence-electron chi connectivity index (χ0n) is 7.45. The maximum atomic E-state index is 9.69. The molecule has 1 heterocycles. The summed E-state index contributed by atoms with van der Waals surface area (Å²) < 4.78 is 5.20. The minimum Gasteiger partial charge on any atom is -0.396 e. The van der Waals surface area contributed by atoms with Crippen molar-refractivity contribution >= 4 is 0 Å². The molecule has 12 heavy (non-hydrogen) atoms. The number of ether oxygens (including phenoxy) is 1. The van der Waals surface area contributed by atoms with E-state index >= 15 is 0 Å². The molecule has 0 aliphatic carbocycles. The van der Waals surface area contributed by atoms with Gasteiger partial charge in [0.15, 0.2) is 0 Å². The highest BCUT2D eigenvalue weighted by molar-refractivity contribution is 5.12. The van der Waals surface area contributed by atoms with Crippen LogP contribution in [0.2, 0.25) is 0 Å². The van der Waals surface area contributed by atoms with Gasteiger partial charge in [-0.3, -0.25) is 0 Å². The van der Waals surface area contributed by atoms with E-state index in [2.05, 4.69) is 0 Å². The van der Waals surface area contributed by atoms with Gasteiger partial charge < -0.3 is 20.1 Å². The monoisotopic (exact) mass is 176 g/mol. The Kier molecular flexibility index (Phi) is 2.45. The standard InChI is InChI=1S/C8H16O4/c1-7(2,11)8(3-4-9)6(5-10)12-8/h6,9-11H,3-5H2,1-2H3. The van der Waals surface area contributed by atoms with Crippen molar-refractivity contribution in [2.24, 2.45) is 0 Å². The average Bonchev–Trinajstić information content (AvgIpc) is 2.63. The van der Waals surface area contributed by atoms with E-state index in [-0.39, 0.29) is 19.3 Å². The third-order valence-corrected chi connectivity index (χ3v) is 2.50. The number of rotatable bonds is 4. The zero-order valence-corrected chi connectivity index (χ0v) is 7.45. The Balaban J connectivity index is 2.65. The molecule has 1 fully saturated rings. The van der Waals surface area contributed by atoms with Gasteiger partial charge in [0.1, 0.15) is 11.7 Å². The summed E-state index contributed by atoms with van der Waals surface area (Å²) >= 11 is 0. The summed E-state index contributed by atoms with van der Waals surface area (Å²) in [5, 5.41) is 27.3. The van der Waals surface area contributed by atoms with E-state index in [4.69, 9.17) is 14.9 Å². The van der Waals surface area contributed by atoms with Crippen LogP contribution in [0.15, 0.2) is 0 Å². The van der Waals surface area contributed by atoms with E-state index in [1.165, 1.54) is 0 Å². The molecule has 1 aliphatic heterocycles. The molecule has 1 rings (SSSR count). The molecule has 4 nitrogen and oxygen atoms in total. The van der Waals surface area contributed by atoms with Gasteiger partial charge in [0.2, 0.25) is 0 Å². The summed E-state index contributed by atoms with van der Waals surface area (Å²) in [4.78, 5) is 0. The van der Waals surface area contributed by atoms with Crippen LogP contribution in [0.3, 0.4) is 0 Å². The van der Waals surface area contributed by atoms with Gasteiger partial charge in [0.05, 0.1) is 12.2 Å². The number of hydrogen-bond acceptors (Lipinski definition) is 4. The van der Waals surface area contributed by atoms with Crippen LogP contribution in [0.5, 0.6) is 0 Å². The smallest absolute Gasteiger partial charge is 0.127 e. The molecule has 0 aromatic carbocycles. The molecule has 2 atom stereocenters. The van der Waals surface area contributed by atoms with Gasteiger partial charge in [-0.25, -0.2) is 0 Å². The third-order valence-electron chi connectivity index (χ3n) is 2.50. The fourth-order valence-corrected chi connectivity index (χ4v) is 1.63. The molecule has 4 heteroatoms. The van der Waals surface area contributed by atoms with Crippen LogP contribution in [0.1, 0.15) is 20.3 Å². The Bertz CT molecular complexity index is 163. The molecule has 72 valence electrons. The van der Waals surface area contributed by atoms with Crippen LogP contribution in [0, 0.1) is 0 Å². The van der Waals surface area contributed by atoms with E-state index in [0.717, 1.165) is 0 Å². The third kappa shape index (κ3) is 1.35. The minimum atomic E-state index is -1.01. The SMILES string of the molecule is CC(C)(O)C1(CCO)OC1CO. The summed E-state index contributed by atoms with van der Waals surface area (Å²) in [6, 6.07) is 0. The zero-order chi connectivity index (χ0) is 9.41. The summed E-state index contributed by atoms with van der Waals surface area (Å²) in [7, 11) is 0. The Hall–Kier alpha value is -0.160. The van der Waals surface area contributed by atoms with Gasteiger partial charge in [-0.15, -0.1) is 0 Å². The molecule has 3 N–H and O–H groups in total. The molecule has 0 amide bonds. The summed E-state index contributed by atoms with van der Waals surface area (Å²) in [5.41, 5.74) is -1.75. The van der Waals surface area contributed by atoms with E-state index in [1.807, 2.05) is 0 Å². The van der Waals surface area contributed by atoms with Crippen molar-refractivity contribution in [1.29, 1.82) is 0 Å². The van der Waals surface area contributed by atoms with Crippen molar-refractivity contribution in [2.45, 2.75) is 37.6 Å². The molecule has 1 saturated heterocycles. The molecular formula is C8H16O4. The first-order valence-corrected chi connectivity index (χ1v) is 4.10. The lowest BCUT2D eigenvalue weighted by Crippen LogP contribution is -2.42. The topological polar surface area (TPSA) is 73.2 Å². The van der Waals surface area contributed by atoms with Gasteiger partial charge >= 0.3 is 0 Å². The van der Waals surface area contributed by atoms with Crippen molar-refractivity contribution in [3.63, 3.8) is 0 Å². The molecule has 0 bridgehead atoms. The van der Waals surface area contributed by atoms with Crippen molar-refractivity contribution in [3.8, 4) is 0 Å². The first kappa shape index (κ1) is 9.92. The van der Waals surface area contributed by atoms with E-state index < -0.39 is 11.2 Å². The molecule has 0 aromatic heterocycles. The summed E-state index contributed by atoms with van der Waals surface area (Å²) in [6.45, 7) is 3.10. The summed E-state index contributed by atoms with van der Waals surface area (Å²) in [6.07, 6.45) is 0.0338. The lowest BCUT2D eigenvalue weighted by molar-refractivity contribution is -0.0166. The van der Waals surface area contributed by atoms with E-state index in [1.54, 1.807) is 13.8 Å². The second-order valence-electron chi connectivity index (χ2n) is 3.71. The van der Waals surface area contributed by atoms with Crippen molar-refractivity contribution in [3.05, 3.63) is 0 Å². The highest BCUT2D eigenvalue weighted by Crippen LogP contribution is 2.47. The van der Waals surface area contributed by atoms with Gasteiger partial charge in [0.25, 0.3) is 0 Å². The Morgan fingerprint density at radius 2 is 2.00 bits per heavy atom. The maximum Gasteiger partial charge on any atom is 0.127 e. The first-order chi connectivity index (χ1) is 5.48. The normalized spacial score (nSPS) is 35.2. The highest BCUT2D eigenvalue weighted by Gasteiger charge is 2.64. The average molecular weight is 176 g/mol. The van der Waals surface area contributed by atoms with Crippen LogP contribution < -0.4 is 0 Å². The Morgan fingerprint density at radius 1 is 1.42 bits per heavy atom. The molecule has 2 unspecified atom stereocenters. The predicted molar refractivity (Wildman–Crippen MR) is 42.7 cm³/mol. The minimum absolute atomic E-state index is 0.0412. The lowest BCUT2D eigenvalue weighted by atomic mass is 9.85. The highest BCUT2D eigenvalue weighted by atomic mass is 16.6. The van der Waals surface area contributed by atoms with Crippen LogP contribution >= 0.6 is 0 Å². The second-order valence-corrected chi connectivity index (χ2v) is 3.71. The number of aliphatic hydroxyl groups is 3. The van der Waals surface area contributed by atoms with Gasteiger partial charge in [0, 0.05) is 13.0 Å². The van der Waals surface area contributed by atoms with Crippen LogP contribution in [0.4, 0.5) is 0 Å². The molecule has 0 aromatic rings. The van der Waals surface area contributed by atoms with Crippen LogP contribution in [-0.2, 0) is 4.74 Å². The van der Waals surface area contributed by atoms with Gasteiger partial charge in [-0.1, -0.05) is 0 Å². The van der Waals surface area contributed by atoms with Crippen molar-refractivity contribution in [1.82, 2.24) is 0 Å². The quantitative estimate of drug-likeness (QED) is 0.494. The molecule has 0 saturated carbocycles. The van der Waals surface area contributed by atoms with Crippen LogP contribution in [-0.4, -0.2) is 45.8 Å². The number of hydrogen-bond donors (Lipinski definition) is 3. The molecule has 1 aliphatic rings. The molecular weight excluding hydrogens is 160 g/mol. The Labute approximate surface area is 71.8 Å². The fraction of sp³-hybridized carbons (Fsp3) is 1.00. The number of epoxide rings is 1. The van der Waals surface area contributed by atoms with Crippen molar-refractivity contribution in [2.75, 3.05) is 13.2 Å². The first-order valence-electron chi connectivity index (χ1n) is 4.10. The molecule has 0 spiro atoms. The largest absolute Gasteiger partial charge is 0.396 e. The predicted octanol–water partition coefficient (Wildman–Crippen LogP) is -0.730. The molecule has 0 radical (unpaired) electrons. The van der Waals surface area contributed by atoms with Gasteiger partial charge in [-0.2, -0.15) is 0 Å². The lowest BCUT2D eigenvalue weighted by Gasteiger charge is -2.26. The van der Waals surface area contributed by atoms with Crippen LogP contribution in [0.25, 0.3) is 0 Å². The van der Waals surface area contributed by atoms with Gasteiger partial charge in [-0.05, 0) is 13.8 Å². The Morgan fingerprint density at radius 3 is 2.25 bits per heavy atom. The van der Waals surface area contributed by atoms with Crippen molar-refractivity contribution < 1.29 is 20.1 Å². The van der Waals surface area contributed by atoms with E-state index in [0.29, 0.717) is 6.42 Å². The maximum absolute atomic E-state index is 9.69. The van der Waals surface area contributed by atoms with E-state index in [9.17, 15) is 5.11 Å².